The predicted octanol–water partition coefficient (Wildman–Crippen LogP) is 3.02. The maximum atomic E-state index is 8.88. The molecule has 21 heavy (non-hydrogen) atoms. The zero-order valence-electron chi connectivity index (χ0n) is 13.3. The van der Waals surface area contributed by atoms with Crippen molar-refractivity contribution in [3.05, 3.63) is 35.4 Å². The highest BCUT2D eigenvalue weighted by Gasteiger charge is 2.20. The largest absolute Gasteiger partial charge is 0.313 e. The molecule has 1 aromatic carbocycles. The average Bonchev–Trinajstić information content (AvgIpc) is 2.46. The van der Waals surface area contributed by atoms with E-state index in [1.54, 1.807) is 0 Å². The van der Waals surface area contributed by atoms with Crippen molar-refractivity contribution in [3.63, 3.8) is 0 Å². The SMILES string of the molecule is CC1CC(C)CN(CCCNCc2cccc(C#N)c2)C1. The molecule has 1 saturated heterocycles. The molecule has 1 aliphatic rings. The van der Waals surface area contributed by atoms with E-state index in [1.807, 2.05) is 18.2 Å². The smallest absolute Gasteiger partial charge is 0.0991 e. The summed E-state index contributed by atoms with van der Waals surface area (Å²) in [6, 6.07) is 10.0. The summed E-state index contributed by atoms with van der Waals surface area (Å²) >= 11 is 0. The summed E-state index contributed by atoms with van der Waals surface area (Å²) in [6.07, 6.45) is 2.57. The first-order valence-electron chi connectivity index (χ1n) is 8.09. The second-order valence-electron chi connectivity index (χ2n) is 6.55. The van der Waals surface area contributed by atoms with Crippen molar-refractivity contribution in [1.29, 1.82) is 5.26 Å². The lowest BCUT2D eigenvalue weighted by atomic mass is 9.92. The van der Waals surface area contributed by atoms with E-state index in [0.717, 1.165) is 30.5 Å². The molecule has 0 amide bonds. The molecule has 2 atom stereocenters. The van der Waals surface area contributed by atoms with Crippen molar-refractivity contribution in [2.24, 2.45) is 11.8 Å². The van der Waals surface area contributed by atoms with E-state index in [1.165, 1.54) is 38.0 Å². The van der Waals surface area contributed by atoms with Gasteiger partial charge in [0.15, 0.2) is 0 Å². The van der Waals surface area contributed by atoms with Crippen LogP contribution in [0.5, 0.6) is 0 Å². The number of nitriles is 1. The summed E-state index contributed by atoms with van der Waals surface area (Å²) in [7, 11) is 0. The Labute approximate surface area is 129 Å². The fraction of sp³-hybridized carbons (Fsp3) is 0.611. The molecule has 0 radical (unpaired) electrons. The van der Waals surface area contributed by atoms with Gasteiger partial charge in [0, 0.05) is 19.6 Å². The number of nitrogens with one attached hydrogen (secondary N) is 1. The Kier molecular flexibility index (Phi) is 6.22. The normalized spacial score (nSPS) is 22.9. The molecule has 1 N–H and O–H groups in total. The lowest BCUT2D eigenvalue weighted by molar-refractivity contribution is 0.139. The van der Waals surface area contributed by atoms with Gasteiger partial charge < -0.3 is 10.2 Å². The Morgan fingerprint density at radius 2 is 2.05 bits per heavy atom. The number of hydrogen-bond donors (Lipinski definition) is 1. The molecule has 2 rings (SSSR count). The molecular weight excluding hydrogens is 258 g/mol. The molecule has 114 valence electrons. The summed E-state index contributed by atoms with van der Waals surface area (Å²) < 4.78 is 0. The molecule has 0 saturated carbocycles. The minimum Gasteiger partial charge on any atom is -0.313 e. The van der Waals surface area contributed by atoms with Crippen LogP contribution in [0.15, 0.2) is 24.3 Å². The van der Waals surface area contributed by atoms with E-state index in [4.69, 9.17) is 5.26 Å². The molecule has 0 aromatic heterocycles. The van der Waals surface area contributed by atoms with Gasteiger partial charge in [-0.2, -0.15) is 5.26 Å². The van der Waals surface area contributed by atoms with Gasteiger partial charge in [0.1, 0.15) is 0 Å². The van der Waals surface area contributed by atoms with Crippen LogP contribution in [0.2, 0.25) is 0 Å². The maximum Gasteiger partial charge on any atom is 0.0991 e. The third kappa shape index (κ3) is 5.49. The van der Waals surface area contributed by atoms with Gasteiger partial charge in [0.25, 0.3) is 0 Å². The van der Waals surface area contributed by atoms with Gasteiger partial charge in [0.05, 0.1) is 11.6 Å². The number of likely N-dealkylation sites (tertiary alicyclic amines) is 1. The third-order valence-corrected chi connectivity index (χ3v) is 4.16. The second kappa shape index (κ2) is 8.17. The number of rotatable bonds is 6. The van der Waals surface area contributed by atoms with E-state index >= 15 is 0 Å². The van der Waals surface area contributed by atoms with Gasteiger partial charge >= 0.3 is 0 Å². The quantitative estimate of drug-likeness (QED) is 0.817. The highest BCUT2D eigenvalue weighted by Crippen LogP contribution is 2.20. The van der Waals surface area contributed by atoms with Gasteiger partial charge in [0.2, 0.25) is 0 Å². The molecule has 1 fully saturated rings. The van der Waals surface area contributed by atoms with Crippen LogP contribution in [0, 0.1) is 23.2 Å². The second-order valence-corrected chi connectivity index (χ2v) is 6.55. The highest BCUT2D eigenvalue weighted by atomic mass is 15.1. The molecule has 0 aliphatic carbocycles. The van der Waals surface area contributed by atoms with Crippen LogP contribution < -0.4 is 5.32 Å². The topological polar surface area (TPSA) is 39.1 Å². The fourth-order valence-corrected chi connectivity index (χ4v) is 3.39. The summed E-state index contributed by atoms with van der Waals surface area (Å²) in [6.45, 7) is 10.3. The lowest BCUT2D eigenvalue weighted by Gasteiger charge is -2.34. The predicted molar refractivity (Wildman–Crippen MR) is 86.9 cm³/mol. The van der Waals surface area contributed by atoms with Gasteiger partial charge in [-0.1, -0.05) is 26.0 Å². The van der Waals surface area contributed by atoms with Crippen molar-refractivity contribution in [1.82, 2.24) is 10.2 Å². The summed E-state index contributed by atoms with van der Waals surface area (Å²) in [5.41, 5.74) is 1.93. The van der Waals surface area contributed by atoms with Crippen molar-refractivity contribution in [2.75, 3.05) is 26.2 Å². The van der Waals surface area contributed by atoms with Crippen LogP contribution in [-0.2, 0) is 6.54 Å². The number of benzene rings is 1. The number of nitrogens with zero attached hydrogens (tertiary/aromatic N) is 2. The van der Waals surface area contributed by atoms with Crippen molar-refractivity contribution >= 4 is 0 Å². The van der Waals surface area contributed by atoms with Crippen molar-refractivity contribution in [2.45, 2.75) is 33.2 Å². The molecule has 3 heteroatoms. The summed E-state index contributed by atoms with van der Waals surface area (Å²) in [5, 5.41) is 12.4. The fourth-order valence-electron chi connectivity index (χ4n) is 3.39. The van der Waals surface area contributed by atoms with Gasteiger partial charge in [-0.05, 0) is 55.5 Å². The minimum absolute atomic E-state index is 0.741. The highest BCUT2D eigenvalue weighted by molar-refractivity contribution is 5.32. The first kappa shape index (κ1) is 16.0. The van der Waals surface area contributed by atoms with Crippen LogP contribution in [0.1, 0.15) is 37.8 Å². The maximum absolute atomic E-state index is 8.88. The molecule has 1 aliphatic heterocycles. The molecule has 3 nitrogen and oxygen atoms in total. The Bertz CT molecular complexity index is 468. The Morgan fingerprint density at radius 3 is 2.76 bits per heavy atom. The molecule has 0 spiro atoms. The lowest BCUT2D eigenvalue weighted by Crippen LogP contribution is -2.39. The van der Waals surface area contributed by atoms with Crippen molar-refractivity contribution < 1.29 is 0 Å². The third-order valence-electron chi connectivity index (χ3n) is 4.16. The summed E-state index contributed by atoms with van der Waals surface area (Å²) in [4.78, 5) is 2.61. The standard InChI is InChI=1S/C18H27N3/c1-15-9-16(2)14-21(13-15)8-4-7-20-12-18-6-3-5-17(10-18)11-19/h3,5-6,10,15-16,20H,4,7-9,12-14H2,1-2H3. The first-order chi connectivity index (χ1) is 10.2. The van der Waals surface area contributed by atoms with Crippen molar-refractivity contribution in [3.8, 4) is 6.07 Å². The van der Waals surface area contributed by atoms with Crippen LogP contribution >= 0.6 is 0 Å². The van der Waals surface area contributed by atoms with E-state index < -0.39 is 0 Å². The van der Waals surface area contributed by atoms with E-state index in [-0.39, 0.29) is 0 Å². The molecule has 1 aromatic rings. The monoisotopic (exact) mass is 285 g/mol. The molecule has 1 heterocycles. The van der Waals surface area contributed by atoms with Gasteiger partial charge in [-0.3, -0.25) is 0 Å². The Morgan fingerprint density at radius 1 is 1.29 bits per heavy atom. The van der Waals surface area contributed by atoms with Crippen LogP contribution in [0.4, 0.5) is 0 Å². The van der Waals surface area contributed by atoms with E-state index in [9.17, 15) is 0 Å². The Balaban J connectivity index is 1.62. The Hall–Kier alpha value is -1.37. The number of hydrogen-bond acceptors (Lipinski definition) is 3. The van der Waals surface area contributed by atoms with Crippen LogP contribution in [0.3, 0.4) is 0 Å². The van der Waals surface area contributed by atoms with Crippen LogP contribution in [-0.4, -0.2) is 31.1 Å². The molecule has 0 bridgehead atoms. The zero-order valence-corrected chi connectivity index (χ0v) is 13.3. The zero-order chi connectivity index (χ0) is 15.1. The first-order valence-corrected chi connectivity index (χ1v) is 8.09. The average molecular weight is 285 g/mol. The van der Waals surface area contributed by atoms with Crippen LogP contribution in [0.25, 0.3) is 0 Å². The van der Waals surface area contributed by atoms with E-state index in [2.05, 4.69) is 36.2 Å². The molecule has 2 unspecified atom stereocenters. The summed E-state index contributed by atoms with van der Waals surface area (Å²) in [5.74, 6) is 1.69. The van der Waals surface area contributed by atoms with Gasteiger partial charge in [-0.15, -0.1) is 0 Å². The number of piperidine rings is 1. The van der Waals surface area contributed by atoms with Gasteiger partial charge in [-0.25, -0.2) is 0 Å². The minimum atomic E-state index is 0.741. The molecular formula is C18H27N3. The van der Waals surface area contributed by atoms with E-state index in [0.29, 0.717) is 0 Å².